The molecule has 2 amide bonds. The quantitative estimate of drug-likeness (QED) is 0.403. The molecule has 2 aromatic carbocycles. The summed E-state index contributed by atoms with van der Waals surface area (Å²) < 4.78 is 4.97. The Morgan fingerprint density at radius 3 is 2.27 bits per heavy atom. The van der Waals surface area contributed by atoms with Gasteiger partial charge in [-0.05, 0) is 30.7 Å². The molecule has 0 radical (unpaired) electrons. The SMILES string of the molecule is C=COCCCNC(=O)Nc1ccc(C(=O)c2ccccc2)cc1.CC.[HH]. The monoisotopic (exact) mass is 356 g/mol. The number of amides is 2. The van der Waals surface area contributed by atoms with Crippen LogP contribution in [0.3, 0.4) is 0 Å². The third-order valence-electron chi connectivity index (χ3n) is 3.28. The molecule has 0 heterocycles. The second kappa shape index (κ2) is 12.3. The number of rotatable bonds is 8. The zero-order chi connectivity index (χ0) is 19.2. The maximum absolute atomic E-state index is 12.3. The van der Waals surface area contributed by atoms with Crippen LogP contribution in [0.15, 0.2) is 67.4 Å². The van der Waals surface area contributed by atoms with Crippen molar-refractivity contribution in [3.8, 4) is 0 Å². The maximum Gasteiger partial charge on any atom is 0.319 e. The first-order chi connectivity index (χ1) is 12.7. The molecule has 0 aliphatic heterocycles. The molecule has 0 fully saturated rings. The van der Waals surface area contributed by atoms with E-state index in [9.17, 15) is 9.59 Å². The Balaban J connectivity index is 0.00000218. The average molecular weight is 356 g/mol. The molecule has 0 bridgehead atoms. The number of anilines is 1. The Bertz CT molecular complexity index is 688. The topological polar surface area (TPSA) is 67.4 Å². The van der Waals surface area contributed by atoms with Gasteiger partial charge in [0.15, 0.2) is 5.78 Å². The van der Waals surface area contributed by atoms with Crippen molar-refractivity contribution in [1.82, 2.24) is 5.32 Å². The summed E-state index contributed by atoms with van der Waals surface area (Å²) in [6.07, 6.45) is 2.07. The number of ketones is 1. The zero-order valence-corrected chi connectivity index (χ0v) is 15.3. The van der Waals surface area contributed by atoms with Crippen LogP contribution >= 0.6 is 0 Å². The van der Waals surface area contributed by atoms with Crippen molar-refractivity contribution in [3.05, 3.63) is 78.6 Å². The first-order valence-corrected chi connectivity index (χ1v) is 8.68. The van der Waals surface area contributed by atoms with Gasteiger partial charge in [-0.3, -0.25) is 4.79 Å². The largest absolute Gasteiger partial charge is 0.502 e. The van der Waals surface area contributed by atoms with E-state index in [1.807, 2.05) is 32.0 Å². The fourth-order valence-electron chi connectivity index (χ4n) is 2.08. The van der Waals surface area contributed by atoms with E-state index in [2.05, 4.69) is 17.2 Å². The molecule has 0 atom stereocenters. The normalized spacial score (nSPS) is 9.31. The van der Waals surface area contributed by atoms with E-state index >= 15 is 0 Å². The Labute approximate surface area is 156 Å². The van der Waals surface area contributed by atoms with Crippen molar-refractivity contribution >= 4 is 17.5 Å². The van der Waals surface area contributed by atoms with Crippen LogP contribution in [0.2, 0.25) is 0 Å². The lowest BCUT2D eigenvalue weighted by atomic mass is 10.0. The summed E-state index contributed by atoms with van der Waals surface area (Å²) in [6, 6.07) is 15.6. The molecular formula is C21H28N2O3. The highest BCUT2D eigenvalue weighted by atomic mass is 16.5. The fourth-order valence-corrected chi connectivity index (χ4v) is 2.08. The molecule has 5 nitrogen and oxygen atoms in total. The molecule has 0 saturated carbocycles. The number of carbonyl (C=O) groups excluding carboxylic acids is 2. The van der Waals surface area contributed by atoms with Crippen LogP contribution in [0.1, 0.15) is 37.6 Å². The predicted molar refractivity (Wildman–Crippen MR) is 108 cm³/mol. The third kappa shape index (κ3) is 7.21. The first kappa shape index (κ1) is 21.0. The summed E-state index contributed by atoms with van der Waals surface area (Å²) in [6.45, 7) is 8.46. The lowest BCUT2D eigenvalue weighted by molar-refractivity contribution is 0.103. The van der Waals surface area contributed by atoms with E-state index in [0.29, 0.717) is 36.4 Å². The second-order valence-corrected chi connectivity index (χ2v) is 5.04. The number of hydrogen-bond donors (Lipinski definition) is 2. The lowest BCUT2D eigenvalue weighted by Crippen LogP contribution is -2.30. The first-order valence-electron chi connectivity index (χ1n) is 8.68. The smallest absolute Gasteiger partial charge is 0.319 e. The Morgan fingerprint density at radius 2 is 1.65 bits per heavy atom. The molecular weight excluding hydrogens is 328 g/mol. The van der Waals surface area contributed by atoms with Crippen molar-refractivity contribution < 1.29 is 15.8 Å². The van der Waals surface area contributed by atoms with Crippen LogP contribution in [0.4, 0.5) is 10.5 Å². The molecule has 0 saturated heterocycles. The van der Waals surface area contributed by atoms with Gasteiger partial charge in [-0.15, -0.1) is 0 Å². The minimum Gasteiger partial charge on any atom is -0.502 e. The number of carbonyl (C=O) groups is 2. The summed E-state index contributed by atoms with van der Waals surface area (Å²) in [5.41, 5.74) is 1.84. The molecule has 2 N–H and O–H groups in total. The number of nitrogens with one attached hydrogen (secondary N) is 2. The van der Waals surface area contributed by atoms with Crippen LogP contribution in [0.25, 0.3) is 0 Å². The highest BCUT2D eigenvalue weighted by molar-refractivity contribution is 6.09. The van der Waals surface area contributed by atoms with E-state index in [-0.39, 0.29) is 13.2 Å². The number of ether oxygens (including phenoxy) is 1. The molecule has 0 aliphatic carbocycles. The van der Waals surface area contributed by atoms with Crippen LogP contribution in [0.5, 0.6) is 0 Å². The zero-order valence-electron chi connectivity index (χ0n) is 15.3. The fraction of sp³-hybridized carbons (Fsp3) is 0.238. The molecule has 5 heteroatoms. The maximum atomic E-state index is 12.3. The minimum atomic E-state index is -0.296. The van der Waals surface area contributed by atoms with Crippen LogP contribution in [-0.2, 0) is 4.74 Å². The van der Waals surface area contributed by atoms with Crippen molar-refractivity contribution in [2.24, 2.45) is 0 Å². The predicted octanol–water partition coefficient (Wildman–Crippen LogP) is 4.86. The molecule has 2 aromatic rings. The minimum absolute atomic E-state index is 0. The Morgan fingerprint density at radius 1 is 1.04 bits per heavy atom. The second-order valence-electron chi connectivity index (χ2n) is 5.04. The van der Waals surface area contributed by atoms with Gasteiger partial charge < -0.3 is 15.4 Å². The Kier molecular flexibility index (Phi) is 9.92. The van der Waals surface area contributed by atoms with Gasteiger partial charge in [0.1, 0.15) is 0 Å². The number of urea groups is 1. The third-order valence-corrected chi connectivity index (χ3v) is 3.28. The molecule has 0 spiro atoms. The molecule has 0 unspecified atom stereocenters. The van der Waals surface area contributed by atoms with Crippen LogP contribution < -0.4 is 10.6 Å². The van der Waals surface area contributed by atoms with Gasteiger partial charge in [-0.1, -0.05) is 50.8 Å². The molecule has 140 valence electrons. The van der Waals surface area contributed by atoms with E-state index in [4.69, 9.17) is 4.74 Å². The Hall–Kier alpha value is -3.08. The van der Waals surface area contributed by atoms with Crippen LogP contribution in [-0.4, -0.2) is 25.0 Å². The van der Waals surface area contributed by atoms with Crippen molar-refractivity contribution in [1.29, 1.82) is 0 Å². The van der Waals surface area contributed by atoms with Gasteiger partial charge >= 0.3 is 6.03 Å². The van der Waals surface area contributed by atoms with Gasteiger partial charge in [-0.2, -0.15) is 0 Å². The number of benzene rings is 2. The summed E-state index contributed by atoms with van der Waals surface area (Å²) in [4.78, 5) is 24.0. The summed E-state index contributed by atoms with van der Waals surface area (Å²) in [7, 11) is 0. The standard InChI is InChI=1S/C19H20N2O3.C2H6.H2/c1-2-24-14-6-13-20-19(23)21-17-11-9-16(10-12-17)18(22)15-7-4-3-5-8-15;1-2;/h2-5,7-12H,1,6,13-14H2,(H2,20,21,23);1-2H3;1H. The van der Waals surface area contributed by atoms with E-state index in [1.165, 1.54) is 6.26 Å². The molecule has 0 aliphatic rings. The van der Waals surface area contributed by atoms with E-state index in [1.54, 1.807) is 36.4 Å². The van der Waals surface area contributed by atoms with Gasteiger partial charge in [-0.25, -0.2) is 4.79 Å². The summed E-state index contributed by atoms with van der Waals surface area (Å²) >= 11 is 0. The van der Waals surface area contributed by atoms with Crippen molar-refractivity contribution in [3.63, 3.8) is 0 Å². The van der Waals surface area contributed by atoms with Gasteiger partial charge in [0.2, 0.25) is 0 Å². The average Bonchev–Trinajstić information content (AvgIpc) is 2.70. The number of hydrogen-bond acceptors (Lipinski definition) is 3. The van der Waals surface area contributed by atoms with E-state index < -0.39 is 0 Å². The summed E-state index contributed by atoms with van der Waals surface area (Å²) in [5.74, 6) is -0.0474. The highest BCUT2D eigenvalue weighted by Gasteiger charge is 2.08. The molecule has 2 rings (SSSR count). The van der Waals surface area contributed by atoms with Gasteiger partial charge in [0.25, 0.3) is 0 Å². The van der Waals surface area contributed by atoms with Gasteiger partial charge in [0, 0.05) is 24.8 Å². The van der Waals surface area contributed by atoms with E-state index in [0.717, 1.165) is 0 Å². The van der Waals surface area contributed by atoms with Crippen LogP contribution in [0, 0.1) is 0 Å². The molecule has 0 aromatic heterocycles. The summed E-state index contributed by atoms with van der Waals surface area (Å²) in [5, 5.41) is 5.44. The molecule has 26 heavy (non-hydrogen) atoms. The van der Waals surface area contributed by atoms with Crippen molar-refractivity contribution in [2.75, 3.05) is 18.5 Å². The highest BCUT2D eigenvalue weighted by Crippen LogP contribution is 2.13. The van der Waals surface area contributed by atoms with Crippen molar-refractivity contribution in [2.45, 2.75) is 20.3 Å². The lowest BCUT2D eigenvalue weighted by Gasteiger charge is -2.08. The van der Waals surface area contributed by atoms with Gasteiger partial charge in [0.05, 0.1) is 12.9 Å².